The molecule has 0 bridgehead atoms. The summed E-state index contributed by atoms with van der Waals surface area (Å²) < 4.78 is 0. The smallest absolute Gasteiger partial charge is 0.266 e. The normalized spacial score (nSPS) is 11.0. The van der Waals surface area contributed by atoms with Gasteiger partial charge in [0.1, 0.15) is 4.88 Å². The minimum atomic E-state index is -0.307. The number of aryl methyl sites for hydroxylation is 1. The lowest BCUT2D eigenvalue weighted by molar-refractivity contribution is 0.0958. The van der Waals surface area contributed by atoms with E-state index < -0.39 is 0 Å². The first-order chi connectivity index (χ1) is 12.5. The molecule has 26 heavy (non-hydrogen) atoms. The minimum absolute atomic E-state index is 0.307. The molecule has 0 saturated carbocycles. The average Bonchev–Trinajstić information content (AvgIpc) is 2.98. The lowest BCUT2D eigenvalue weighted by Gasteiger charge is -2.01. The number of carbonyl (C=O) groups excluding carboxylic acids is 1. The summed E-state index contributed by atoms with van der Waals surface area (Å²) >= 11 is 13.5. The standard InChI is InChI=1S/C19H15Cl2N3OS/c1-12-18(26-17(23-12)10-13-6-3-2-4-7-13)19(25)24-22-11-14-15(20)8-5-9-16(14)21/h2-9,11H,10H2,1H3,(H,24,25). The van der Waals surface area contributed by atoms with Crippen molar-refractivity contribution >= 4 is 46.7 Å². The molecule has 2 aromatic carbocycles. The highest BCUT2D eigenvalue weighted by Crippen LogP contribution is 2.23. The van der Waals surface area contributed by atoms with E-state index in [0.29, 0.717) is 32.6 Å². The third kappa shape index (κ3) is 4.49. The number of hydrazone groups is 1. The van der Waals surface area contributed by atoms with Crippen molar-refractivity contribution in [1.82, 2.24) is 10.4 Å². The number of rotatable bonds is 5. The van der Waals surface area contributed by atoms with Gasteiger partial charge in [-0.25, -0.2) is 10.4 Å². The molecule has 0 aliphatic carbocycles. The summed E-state index contributed by atoms with van der Waals surface area (Å²) in [5.74, 6) is -0.307. The van der Waals surface area contributed by atoms with Crippen LogP contribution in [0.25, 0.3) is 0 Å². The zero-order valence-electron chi connectivity index (χ0n) is 13.9. The van der Waals surface area contributed by atoms with Crippen molar-refractivity contribution in [3.05, 3.63) is 85.3 Å². The summed E-state index contributed by atoms with van der Waals surface area (Å²) in [7, 11) is 0. The van der Waals surface area contributed by atoms with Crippen LogP contribution in [0.5, 0.6) is 0 Å². The summed E-state index contributed by atoms with van der Waals surface area (Å²) in [6, 6.07) is 15.2. The van der Waals surface area contributed by atoms with Crippen LogP contribution in [-0.2, 0) is 6.42 Å². The minimum Gasteiger partial charge on any atom is -0.266 e. The Kier molecular flexibility index (Phi) is 6.04. The van der Waals surface area contributed by atoms with E-state index in [9.17, 15) is 4.79 Å². The molecule has 3 aromatic rings. The number of carbonyl (C=O) groups is 1. The van der Waals surface area contributed by atoms with Gasteiger partial charge in [0.05, 0.1) is 27.0 Å². The van der Waals surface area contributed by atoms with Gasteiger partial charge in [-0.1, -0.05) is 59.6 Å². The number of nitrogens with one attached hydrogen (secondary N) is 1. The number of thiazole rings is 1. The van der Waals surface area contributed by atoms with Crippen LogP contribution in [0, 0.1) is 6.92 Å². The molecule has 7 heteroatoms. The average molecular weight is 404 g/mol. The van der Waals surface area contributed by atoms with E-state index in [-0.39, 0.29) is 5.91 Å². The topological polar surface area (TPSA) is 54.4 Å². The number of halogens is 2. The van der Waals surface area contributed by atoms with E-state index in [1.165, 1.54) is 17.6 Å². The van der Waals surface area contributed by atoms with Crippen LogP contribution < -0.4 is 5.43 Å². The summed E-state index contributed by atoms with van der Waals surface area (Å²) in [5.41, 5.74) is 4.90. The SMILES string of the molecule is Cc1nc(Cc2ccccc2)sc1C(=O)NN=Cc1c(Cl)cccc1Cl. The molecule has 0 fully saturated rings. The van der Waals surface area contributed by atoms with Gasteiger partial charge in [0.15, 0.2) is 0 Å². The maximum absolute atomic E-state index is 12.4. The highest BCUT2D eigenvalue weighted by Gasteiger charge is 2.15. The van der Waals surface area contributed by atoms with Crippen LogP contribution in [-0.4, -0.2) is 17.1 Å². The first-order valence-electron chi connectivity index (χ1n) is 7.82. The van der Waals surface area contributed by atoms with Crippen molar-refractivity contribution in [3.8, 4) is 0 Å². The van der Waals surface area contributed by atoms with E-state index in [2.05, 4.69) is 15.5 Å². The van der Waals surface area contributed by atoms with Crippen molar-refractivity contribution in [2.75, 3.05) is 0 Å². The Morgan fingerprint density at radius 1 is 1.15 bits per heavy atom. The van der Waals surface area contributed by atoms with Crippen LogP contribution in [0.3, 0.4) is 0 Å². The maximum Gasteiger partial charge on any atom is 0.283 e. The number of benzene rings is 2. The number of hydrogen-bond acceptors (Lipinski definition) is 4. The quantitative estimate of drug-likeness (QED) is 0.475. The number of nitrogens with zero attached hydrogens (tertiary/aromatic N) is 2. The van der Waals surface area contributed by atoms with Gasteiger partial charge in [-0.15, -0.1) is 11.3 Å². The molecule has 3 rings (SSSR count). The molecule has 0 unspecified atom stereocenters. The van der Waals surface area contributed by atoms with Crippen LogP contribution in [0.1, 0.15) is 31.5 Å². The Morgan fingerprint density at radius 2 is 1.85 bits per heavy atom. The van der Waals surface area contributed by atoms with Gasteiger partial charge >= 0.3 is 0 Å². The Hall–Kier alpha value is -2.21. The van der Waals surface area contributed by atoms with Crippen molar-refractivity contribution in [2.45, 2.75) is 13.3 Å². The van der Waals surface area contributed by atoms with Gasteiger partial charge in [-0.2, -0.15) is 5.10 Å². The maximum atomic E-state index is 12.4. The molecule has 0 spiro atoms. The van der Waals surface area contributed by atoms with E-state index in [1.807, 2.05) is 37.3 Å². The summed E-state index contributed by atoms with van der Waals surface area (Å²) in [6.07, 6.45) is 2.13. The fraction of sp³-hybridized carbons (Fsp3) is 0.105. The van der Waals surface area contributed by atoms with Crippen LogP contribution in [0.4, 0.5) is 0 Å². The molecular weight excluding hydrogens is 389 g/mol. The molecule has 0 saturated heterocycles. The Balaban J connectivity index is 1.69. The Labute approximate surface area is 165 Å². The van der Waals surface area contributed by atoms with Crippen molar-refractivity contribution in [1.29, 1.82) is 0 Å². The first kappa shape index (κ1) is 18.6. The van der Waals surface area contributed by atoms with Gasteiger partial charge < -0.3 is 0 Å². The third-order valence-electron chi connectivity index (χ3n) is 3.60. The Bertz CT molecular complexity index is 934. The summed E-state index contributed by atoms with van der Waals surface area (Å²) in [4.78, 5) is 17.4. The number of aromatic nitrogens is 1. The zero-order valence-corrected chi connectivity index (χ0v) is 16.2. The lowest BCUT2D eigenvalue weighted by Crippen LogP contribution is -2.17. The number of hydrogen-bond donors (Lipinski definition) is 1. The fourth-order valence-electron chi connectivity index (χ4n) is 2.35. The van der Waals surface area contributed by atoms with E-state index in [4.69, 9.17) is 23.2 Å². The number of amides is 1. The van der Waals surface area contributed by atoms with Crippen LogP contribution in [0.15, 0.2) is 53.6 Å². The van der Waals surface area contributed by atoms with Gasteiger partial charge in [-0.3, -0.25) is 4.79 Å². The van der Waals surface area contributed by atoms with E-state index >= 15 is 0 Å². The van der Waals surface area contributed by atoms with E-state index in [1.54, 1.807) is 18.2 Å². The first-order valence-corrected chi connectivity index (χ1v) is 9.39. The largest absolute Gasteiger partial charge is 0.283 e. The molecule has 1 amide bonds. The molecule has 132 valence electrons. The second-order valence-electron chi connectivity index (χ2n) is 5.52. The monoisotopic (exact) mass is 403 g/mol. The molecule has 0 aliphatic rings. The summed E-state index contributed by atoms with van der Waals surface area (Å²) in [5, 5.41) is 5.78. The zero-order chi connectivity index (χ0) is 18.5. The fourth-order valence-corrected chi connectivity index (χ4v) is 3.83. The lowest BCUT2D eigenvalue weighted by atomic mass is 10.2. The molecule has 1 heterocycles. The molecule has 0 radical (unpaired) electrons. The molecule has 0 aliphatic heterocycles. The third-order valence-corrected chi connectivity index (χ3v) is 5.42. The molecule has 1 aromatic heterocycles. The molecule has 0 atom stereocenters. The second kappa shape index (κ2) is 8.45. The second-order valence-corrected chi connectivity index (χ2v) is 7.42. The van der Waals surface area contributed by atoms with Crippen molar-refractivity contribution in [3.63, 3.8) is 0 Å². The van der Waals surface area contributed by atoms with Crippen molar-refractivity contribution in [2.24, 2.45) is 5.10 Å². The molecular formula is C19H15Cl2N3OS. The predicted molar refractivity (Wildman–Crippen MR) is 108 cm³/mol. The van der Waals surface area contributed by atoms with Gasteiger partial charge in [0.2, 0.25) is 0 Å². The van der Waals surface area contributed by atoms with Crippen molar-refractivity contribution < 1.29 is 4.79 Å². The van der Waals surface area contributed by atoms with Crippen LogP contribution >= 0.6 is 34.5 Å². The predicted octanol–water partition coefficient (Wildman–Crippen LogP) is 5.11. The summed E-state index contributed by atoms with van der Waals surface area (Å²) in [6.45, 7) is 1.81. The highest BCUT2D eigenvalue weighted by molar-refractivity contribution is 7.13. The molecule has 4 nitrogen and oxygen atoms in total. The van der Waals surface area contributed by atoms with Gasteiger partial charge in [0, 0.05) is 12.0 Å². The Morgan fingerprint density at radius 3 is 2.54 bits per heavy atom. The highest BCUT2D eigenvalue weighted by atomic mass is 35.5. The van der Waals surface area contributed by atoms with Gasteiger partial charge in [-0.05, 0) is 24.6 Å². The van der Waals surface area contributed by atoms with Gasteiger partial charge in [0.25, 0.3) is 5.91 Å². The molecule has 1 N–H and O–H groups in total. The van der Waals surface area contributed by atoms with Crippen LogP contribution in [0.2, 0.25) is 10.0 Å². The van der Waals surface area contributed by atoms with E-state index in [0.717, 1.165) is 10.6 Å².